The summed E-state index contributed by atoms with van der Waals surface area (Å²) in [7, 11) is 1.62. The molecule has 0 radical (unpaired) electrons. The minimum atomic E-state index is 0.0781. The highest BCUT2D eigenvalue weighted by atomic mass is 35.5. The molecule has 100 valence electrons. The van der Waals surface area contributed by atoms with Gasteiger partial charge in [0.2, 0.25) is 0 Å². The van der Waals surface area contributed by atoms with Gasteiger partial charge in [0.05, 0.1) is 25.3 Å². The van der Waals surface area contributed by atoms with Gasteiger partial charge >= 0.3 is 0 Å². The average molecular weight is 270 g/mol. The van der Waals surface area contributed by atoms with Crippen molar-refractivity contribution in [3.63, 3.8) is 0 Å². The second-order valence-corrected chi connectivity index (χ2v) is 5.57. The fraction of sp³-hybridized carbons (Fsp3) is 0.571. The highest BCUT2D eigenvalue weighted by molar-refractivity contribution is 6.32. The van der Waals surface area contributed by atoms with Crippen LogP contribution < -0.4 is 10.5 Å². The smallest absolute Gasteiger partial charge is 0.137 e. The molecule has 1 aliphatic heterocycles. The molecule has 1 aliphatic rings. The molecule has 4 heteroatoms. The number of hydrogen-bond donors (Lipinski definition) is 1. The largest absolute Gasteiger partial charge is 0.495 e. The molecule has 1 atom stereocenters. The second-order valence-electron chi connectivity index (χ2n) is 5.17. The van der Waals surface area contributed by atoms with Crippen LogP contribution in [0.3, 0.4) is 0 Å². The Bertz CT molecular complexity index is 418. The molecule has 18 heavy (non-hydrogen) atoms. The maximum absolute atomic E-state index is 6.20. The quantitative estimate of drug-likeness (QED) is 0.894. The maximum Gasteiger partial charge on any atom is 0.137 e. The predicted octanol–water partition coefficient (Wildman–Crippen LogP) is 2.60. The lowest BCUT2D eigenvalue weighted by Gasteiger charge is -2.43. The van der Waals surface area contributed by atoms with Crippen LogP contribution in [-0.2, 0) is 10.2 Å². The Morgan fingerprint density at radius 1 is 1.50 bits per heavy atom. The Balaban J connectivity index is 2.24. The minimum Gasteiger partial charge on any atom is -0.495 e. The van der Waals surface area contributed by atoms with E-state index < -0.39 is 0 Å². The van der Waals surface area contributed by atoms with Crippen LogP contribution in [0.5, 0.6) is 5.75 Å². The van der Waals surface area contributed by atoms with Crippen LogP contribution in [-0.4, -0.2) is 26.9 Å². The SMILES string of the molecule is COc1ccc(C2(CC(C)CN)COC2)cc1Cl. The lowest BCUT2D eigenvalue weighted by Crippen LogP contribution is -2.48. The number of methoxy groups -OCH3 is 1. The molecule has 0 bridgehead atoms. The zero-order valence-electron chi connectivity index (χ0n) is 10.9. The molecule has 1 saturated heterocycles. The third-order valence-corrected chi connectivity index (χ3v) is 3.96. The van der Waals surface area contributed by atoms with Gasteiger partial charge in [0.1, 0.15) is 5.75 Å². The Morgan fingerprint density at radius 3 is 2.67 bits per heavy atom. The molecule has 0 amide bonds. The van der Waals surface area contributed by atoms with E-state index in [9.17, 15) is 0 Å². The Labute approximate surface area is 113 Å². The highest BCUT2D eigenvalue weighted by Gasteiger charge is 2.41. The fourth-order valence-electron chi connectivity index (χ4n) is 2.50. The van der Waals surface area contributed by atoms with Crippen molar-refractivity contribution in [3.05, 3.63) is 28.8 Å². The van der Waals surface area contributed by atoms with Crippen molar-refractivity contribution in [2.75, 3.05) is 26.9 Å². The summed E-state index contributed by atoms with van der Waals surface area (Å²) in [4.78, 5) is 0. The summed E-state index contributed by atoms with van der Waals surface area (Å²) in [6.07, 6.45) is 1.03. The first kappa shape index (κ1) is 13.7. The van der Waals surface area contributed by atoms with E-state index in [4.69, 9.17) is 26.8 Å². The third-order valence-electron chi connectivity index (χ3n) is 3.66. The van der Waals surface area contributed by atoms with Crippen LogP contribution in [0.15, 0.2) is 18.2 Å². The molecule has 0 aliphatic carbocycles. The van der Waals surface area contributed by atoms with E-state index in [1.165, 1.54) is 5.56 Å². The van der Waals surface area contributed by atoms with Crippen LogP contribution in [0.4, 0.5) is 0 Å². The van der Waals surface area contributed by atoms with Crippen LogP contribution >= 0.6 is 11.6 Å². The number of benzene rings is 1. The van der Waals surface area contributed by atoms with Crippen LogP contribution in [0.1, 0.15) is 18.9 Å². The lowest BCUT2D eigenvalue weighted by molar-refractivity contribution is -0.0702. The van der Waals surface area contributed by atoms with Gasteiger partial charge in [-0.3, -0.25) is 0 Å². The van der Waals surface area contributed by atoms with E-state index in [-0.39, 0.29) is 5.41 Å². The lowest BCUT2D eigenvalue weighted by atomic mass is 9.72. The number of ether oxygens (including phenoxy) is 2. The van der Waals surface area contributed by atoms with Gasteiger partial charge in [-0.15, -0.1) is 0 Å². The molecular weight excluding hydrogens is 250 g/mol. The summed E-state index contributed by atoms with van der Waals surface area (Å²) in [5, 5.41) is 0.654. The molecular formula is C14H20ClNO2. The highest BCUT2D eigenvalue weighted by Crippen LogP contribution is 2.40. The fourth-order valence-corrected chi connectivity index (χ4v) is 2.76. The molecule has 0 saturated carbocycles. The summed E-state index contributed by atoms with van der Waals surface area (Å²) in [6, 6.07) is 5.99. The van der Waals surface area contributed by atoms with Crippen LogP contribution in [0.25, 0.3) is 0 Å². The summed E-state index contributed by atoms with van der Waals surface area (Å²) >= 11 is 6.20. The molecule has 1 heterocycles. The van der Waals surface area contributed by atoms with Crippen molar-refractivity contribution >= 4 is 11.6 Å². The van der Waals surface area contributed by atoms with E-state index >= 15 is 0 Å². The first-order valence-corrected chi connectivity index (χ1v) is 6.61. The molecule has 0 aromatic heterocycles. The van der Waals surface area contributed by atoms with Gasteiger partial charge < -0.3 is 15.2 Å². The second kappa shape index (κ2) is 5.47. The Morgan fingerprint density at radius 2 is 2.22 bits per heavy atom. The van der Waals surface area contributed by atoms with E-state index in [1.54, 1.807) is 7.11 Å². The standard InChI is InChI=1S/C14H20ClNO2/c1-10(7-16)6-14(8-18-9-14)11-3-4-13(17-2)12(15)5-11/h3-5,10H,6-9,16H2,1-2H3. The van der Waals surface area contributed by atoms with Crippen molar-refractivity contribution in [2.24, 2.45) is 11.7 Å². The van der Waals surface area contributed by atoms with Gasteiger partial charge in [0, 0.05) is 5.41 Å². The van der Waals surface area contributed by atoms with Gasteiger partial charge in [0.25, 0.3) is 0 Å². The predicted molar refractivity (Wildman–Crippen MR) is 73.3 cm³/mol. The molecule has 0 spiro atoms. The van der Waals surface area contributed by atoms with E-state index in [2.05, 4.69) is 13.0 Å². The maximum atomic E-state index is 6.20. The molecule has 1 fully saturated rings. The van der Waals surface area contributed by atoms with Crippen molar-refractivity contribution in [2.45, 2.75) is 18.8 Å². The molecule has 2 N–H and O–H groups in total. The third kappa shape index (κ3) is 2.48. The molecule has 3 nitrogen and oxygen atoms in total. The molecule has 2 rings (SSSR count). The van der Waals surface area contributed by atoms with Gasteiger partial charge in [-0.25, -0.2) is 0 Å². The summed E-state index contributed by atoms with van der Waals surface area (Å²) in [5.41, 5.74) is 7.02. The number of nitrogens with two attached hydrogens (primary N) is 1. The van der Waals surface area contributed by atoms with Crippen molar-refractivity contribution < 1.29 is 9.47 Å². The van der Waals surface area contributed by atoms with Crippen molar-refractivity contribution in [1.29, 1.82) is 0 Å². The van der Waals surface area contributed by atoms with Gasteiger partial charge in [-0.1, -0.05) is 24.6 Å². The minimum absolute atomic E-state index is 0.0781. The van der Waals surface area contributed by atoms with Crippen molar-refractivity contribution in [3.8, 4) is 5.75 Å². The van der Waals surface area contributed by atoms with Crippen LogP contribution in [0.2, 0.25) is 5.02 Å². The normalized spacial score (nSPS) is 19.1. The topological polar surface area (TPSA) is 44.5 Å². The molecule has 1 aromatic rings. The number of rotatable bonds is 5. The van der Waals surface area contributed by atoms with Gasteiger partial charge in [0.15, 0.2) is 0 Å². The number of hydrogen-bond acceptors (Lipinski definition) is 3. The Hall–Kier alpha value is -0.770. The van der Waals surface area contributed by atoms with Gasteiger partial charge in [-0.05, 0) is 36.6 Å². The first-order valence-electron chi connectivity index (χ1n) is 6.23. The van der Waals surface area contributed by atoms with Crippen LogP contribution in [0, 0.1) is 5.92 Å². The summed E-state index contributed by atoms with van der Waals surface area (Å²) < 4.78 is 10.6. The van der Waals surface area contributed by atoms with Gasteiger partial charge in [-0.2, -0.15) is 0 Å². The zero-order chi connectivity index (χ0) is 13.2. The summed E-state index contributed by atoms with van der Waals surface area (Å²) in [5.74, 6) is 1.19. The summed E-state index contributed by atoms with van der Waals surface area (Å²) in [6.45, 7) is 4.37. The monoisotopic (exact) mass is 269 g/mol. The zero-order valence-corrected chi connectivity index (χ0v) is 11.7. The van der Waals surface area contributed by atoms with Crippen molar-refractivity contribution in [1.82, 2.24) is 0 Å². The molecule has 1 aromatic carbocycles. The van der Waals surface area contributed by atoms with E-state index in [1.807, 2.05) is 12.1 Å². The first-order chi connectivity index (χ1) is 8.61. The van der Waals surface area contributed by atoms with E-state index in [0.717, 1.165) is 19.6 Å². The Kier molecular flexibility index (Phi) is 4.15. The molecule has 1 unspecified atom stereocenters. The van der Waals surface area contributed by atoms with E-state index in [0.29, 0.717) is 23.2 Å². The average Bonchev–Trinajstić information content (AvgIpc) is 2.33. The number of halogens is 1.